The summed E-state index contributed by atoms with van der Waals surface area (Å²) in [6, 6.07) is 0. The fraction of sp³-hybridized carbons (Fsp3) is 1.00. The monoisotopic (exact) mass is 230 g/mol. The summed E-state index contributed by atoms with van der Waals surface area (Å²) in [7, 11) is 0. The first-order valence-corrected chi connectivity index (χ1v) is 6.49. The third-order valence-electron chi connectivity index (χ3n) is 3.17. The van der Waals surface area contributed by atoms with Gasteiger partial charge >= 0.3 is 0 Å². The Morgan fingerprint density at radius 3 is 3.00 bits per heavy atom. The van der Waals surface area contributed by atoms with Crippen LogP contribution in [0.2, 0.25) is 0 Å². The van der Waals surface area contributed by atoms with E-state index in [-0.39, 0.29) is 6.10 Å². The van der Waals surface area contributed by atoms with E-state index in [0.717, 1.165) is 52.2 Å². The summed E-state index contributed by atoms with van der Waals surface area (Å²) in [6.07, 6.45) is 1.82. The van der Waals surface area contributed by atoms with Gasteiger partial charge in [-0.2, -0.15) is 0 Å². The number of hydrogen-bond donors (Lipinski definition) is 2. The lowest BCUT2D eigenvalue weighted by Crippen LogP contribution is -2.46. The predicted octanol–water partition coefficient (Wildman–Crippen LogP) is 0.458. The van der Waals surface area contributed by atoms with Crippen molar-refractivity contribution in [3.63, 3.8) is 0 Å². The number of morpholine rings is 1. The van der Waals surface area contributed by atoms with Crippen molar-refractivity contribution in [2.75, 3.05) is 39.3 Å². The largest absolute Gasteiger partial charge is 0.393 e. The molecule has 4 nitrogen and oxygen atoms in total. The van der Waals surface area contributed by atoms with E-state index in [0.29, 0.717) is 6.10 Å². The summed E-state index contributed by atoms with van der Waals surface area (Å²) in [6.45, 7) is 10.0. The molecule has 1 heterocycles. The third-order valence-corrected chi connectivity index (χ3v) is 3.17. The second kappa shape index (κ2) is 8.01. The van der Waals surface area contributed by atoms with Crippen LogP contribution in [0.3, 0.4) is 0 Å². The van der Waals surface area contributed by atoms with E-state index in [1.54, 1.807) is 0 Å². The van der Waals surface area contributed by atoms with Gasteiger partial charge < -0.3 is 15.2 Å². The second-order valence-corrected chi connectivity index (χ2v) is 4.44. The minimum atomic E-state index is -0.160. The molecule has 1 saturated heterocycles. The highest BCUT2D eigenvalue weighted by molar-refractivity contribution is 4.72. The van der Waals surface area contributed by atoms with Crippen LogP contribution in [0.1, 0.15) is 26.7 Å². The standard InChI is InChI=1S/C12H26N2O2/c1-3-11(15)5-6-13-9-12-10-14(4-2)7-8-16-12/h11-13,15H,3-10H2,1-2H3. The molecule has 1 aliphatic heterocycles. The van der Waals surface area contributed by atoms with Crippen LogP contribution < -0.4 is 5.32 Å². The van der Waals surface area contributed by atoms with E-state index >= 15 is 0 Å². The highest BCUT2D eigenvalue weighted by Gasteiger charge is 2.18. The van der Waals surface area contributed by atoms with Crippen molar-refractivity contribution in [1.29, 1.82) is 0 Å². The van der Waals surface area contributed by atoms with Gasteiger partial charge in [-0.3, -0.25) is 4.90 Å². The van der Waals surface area contributed by atoms with Crippen molar-refractivity contribution >= 4 is 0 Å². The zero-order valence-corrected chi connectivity index (χ0v) is 10.6. The molecule has 0 bridgehead atoms. The van der Waals surface area contributed by atoms with E-state index in [4.69, 9.17) is 4.74 Å². The molecule has 0 radical (unpaired) electrons. The Kier molecular flexibility index (Phi) is 6.96. The lowest BCUT2D eigenvalue weighted by Gasteiger charge is -2.32. The Balaban J connectivity index is 2.04. The molecule has 1 aliphatic rings. The molecule has 2 N–H and O–H groups in total. The number of aliphatic hydroxyl groups excluding tert-OH is 1. The molecule has 2 unspecified atom stereocenters. The van der Waals surface area contributed by atoms with Crippen LogP contribution in [0.25, 0.3) is 0 Å². The predicted molar refractivity (Wildman–Crippen MR) is 65.6 cm³/mol. The molecule has 0 aromatic rings. The fourth-order valence-electron chi connectivity index (χ4n) is 1.93. The smallest absolute Gasteiger partial charge is 0.0826 e. The minimum Gasteiger partial charge on any atom is -0.393 e. The quantitative estimate of drug-likeness (QED) is 0.624. The number of ether oxygens (including phenoxy) is 1. The van der Waals surface area contributed by atoms with Crippen LogP contribution in [0.5, 0.6) is 0 Å². The molecule has 2 atom stereocenters. The second-order valence-electron chi connectivity index (χ2n) is 4.44. The average molecular weight is 230 g/mol. The highest BCUT2D eigenvalue weighted by Crippen LogP contribution is 2.03. The van der Waals surface area contributed by atoms with Gasteiger partial charge in [0, 0.05) is 19.6 Å². The van der Waals surface area contributed by atoms with Crippen LogP contribution in [-0.2, 0) is 4.74 Å². The van der Waals surface area contributed by atoms with E-state index in [2.05, 4.69) is 17.1 Å². The zero-order valence-electron chi connectivity index (χ0n) is 10.6. The Labute approximate surface area is 99.0 Å². The van der Waals surface area contributed by atoms with Crippen molar-refractivity contribution in [2.24, 2.45) is 0 Å². The van der Waals surface area contributed by atoms with Crippen molar-refractivity contribution in [1.82, 2.24) is 10.2 Å². The summed E-state index contributed by atoms with van der Waals surface area (Å²) in [5.74, 6) is 0. The van der Waals surface area contributed by atoms with Gasteiger partial charge in [-0.1, -0.05) is 13.8 Å². The number of likely N-dealkylation sites (N-methyl/N-ethyl adjacent to an activating group) is 1. The SMILES string of the molecule is CCC(O)CCNCC1CN(CC)CCO1. The Bertz CT molecular complexity index is 178. The van der Waals surface area contributed by atoms with Crippen LogP contribution in [0.4, 0.5) is 0 Å². The molecule has 0 aromatic carbocycles. The van der Waals surface area contributed by atoms with E-state index in [9.17, 15) is 5.11 Å². The molecule has 0 amide bonds. The van der Waals surface area contributed by atoms with E-state index in [1.807, 2.05) is 6.92 Å². The van der Waals surface area contributed by atoms with Gasteiger partial charge in [-0.15, -0.1) is 0 Å². The normalized spacial score (nSPS) is 24.6. The Morgan fingerprint density at radius 2 is 2.31 bits per heavy atom. The number of nitrogens with zero attached hydrogens (tertiary/aromatic N) is 1. The first kappa shape index (κ1) is 13.9. The number of nitrogens with one attached hydrogen (secondary N) is 1. The Morgan fingerprint density at radius 1 is 1.50 bits per heavy atom. The first-order valence-electron chi connectivity index (χ1n) is 6.49. The third kappa shape index (κ3) is 5.25. The molecule has 0 aliphatic carbocycles. The summed E-state index contributed by atoms with van der Waals surface area (Å²) >= 11 is 0. The average Bonchev–Trinajstić information content (AvgIpc) is 2.34. The maximum absolute atomic E-state index is 9.40. The van der Waals surface area contributed by atoms with E-state index < -0.39 is 0 Å². The fourth-order valence-corrected chi connectivity index (χ4v) is 1.93. The van der Waals surface area contributed by atoms with Crippen LogP contribution in [0.15, 0.2) is 0 Å². The zero-order chi connectivity index (χ0) is 11.8. The van der Waals surface area contributed by atoms with Crippen molar-refractivity contribution in [3.8, 4) is 0 Å². The van der Waals surface area contributed by atoms with Gasteiger partial charge in [0.15, 0.2) is 0 Å². The molecule has 16 heavy (non-hydrogen) atoms. The van der Waals surface area contributed by atoms with Gasteiger partial charge in [0.1, 0.15) is 0 Å². The molecule has 0 spiro atoms. The maximum Gasteiger partial charge on any atom is 0.0826 e. The molecule has 96 valence electrons. The topological polar surface area (TPSA) is 44.7 Å². The van der Waals surface area contributed by atoms with Crippen LogP contribution in [-0.4, -0.2) is 61.5 Å². The molecule has 0 saturated carbocycles. The van der Waals surface area contributed by atoms with Gasteiger partial charge in [0.2, 0.25) is 0 Å². The highest BCUT2D eigenvalue weighted by atomic mass is 16.5. The van der Waals surface area contributed by atoms with Crippen molar-refractivity contribution < 1.29 is 9.84 Å². The van der Waals surface area contributed by atoms with Gasteiger partial charge in [-0.25, -0.2) is 0 Å². The minimum absolute atomic E-state index is 0.160. The summed E-state index contributed by atoms with van der Waals surface area (Å²) in [4.78, 5) is 2.41. The van der Waals surface area contributed by atoms with Gasteiger partial charge in [0.25, 0.3) is 0 Å². The van der Waals surface area contributed by atoms with Crippen LogP contribution >= 0.6 is 0 Å². The maximum atomic E-state index is 9.40. The van der Waals surface area contributed by atoms with Crippen molar-refractivity contribution in [2.45, 2.75) is 38.9 Å². The van der Waals surface area contributed by atoms with Crippen LogP contribution in [0, 0.1) is 0 Å². The lowest BCUT2D eigenvalue weighted by atomic mass is 10.2. The van der Waals surface area contributed by atoms with Gasteiger partial charge in [-0.05, 0) is 25.9 Å². The number of aliphatic hydroxyl groups is 1. The summed E-state index contributed by atoms with van der Waals surface area (Å²) in [5.41, 5.74) is 0. The molecular weight excluding hydrogens is 204 g/mol. The number of rotatable bonds is 7. The first-order chi connectivity index (χ1) is 7.76. The van der Waals surface area contributed by atoms with Gasteiger partial charge in [0.05, 0.1) is 18.8 Å². The summed E-state index contributed by atoms with van der Waals surface area (Å²) < 4.78 is 5.68. The molecule has 4 heteroatoms. The molecule has 0 aromatic heterocycles. The van der Waals surface area contributed by atoms with Crippen molar-refractivity contribution in [3.05, 3.63) is 0 Å². The summed E-state index contributed by atoms with van der Waals surface area (Å²) in [5, 5.41) is 12.7. The van der Waals surface area contributed by atoms with E-state index in [1.165, 1.54) is 0 Å². The molecular formula is C12H26N2O2. The lowest BCUT2D eigenvalue weighted by molar-refractivity contribution is -0.0254. The molecule has 1 rings (SSSR count). The molecule has 1 fully saturated rings. The number of hydrogen-bond acceptors (Lipinski definition) is 4. The Hall–Kier alpha value is -0.160.